The Morgan fingerprint density at radius 3 is 2.30 bits per heavy atom. The van der Waals surface area contributed by atoms with Crippen molar-refractivity contribution < 1.29 is 18.3 Å². The van der Waals surface area contributed by atoms with Gasteiger partial charge in [-0.3, -0.25) is 4.39 Å². The van der Waals surface area contributed by atoms with E-state index in [2.05, 4.69) is 20.8 Å². The predicted molar refractivity (Wildman–Crippen MR) is 174 cm³/mol. The Morgan fingerprint density at radius 2 is 1.73 bits per heavy atom. The second-order valence-electron chi connectivity index (χ2n) is 11.6. The van der Waals surface area contributed by atoms with Crippen molar-refractivity contribution in [1.82, 2.24) is 24.6 Å². The monoisotopic (exact) mass is 634 g/mol. The largest absolute Gasteiger partial charge is 0.372 e. The molecule has 3 atom stereocenters. The SMILES string of the molecule is CC.CF.C[C@@H]1CN(C(=O)N(CCCN)[C@@H](c2nc(-c3cc(Cl)ccc3F)nn2Cc2ccccc2)C(C)(C)C)C[C@H](C)O1. The molecular weight excluding hydrogens is 586 g/mol. The molecule has 0 radical (unpaired) electrons. The fraction of sp³-hybridized carbons (Fsp3) is 0.545. The molecule has 4 rings (SSSR count). The third-order valence-electron chi connectivity index (χ3n) is 6.96. The normalized spacial score (nSPS) is 17.1. The summed E-state index contributed by atoms with van der Waals surface area (Å²) in [5, 5.41) is 5.17. The van der Waals surface area contributed by atoms with Crippen LogP contribution in [0.4, 0.5) is 13.6 Å². The molecule has 244 valence electrons. The minimum atomic E-state index is -0.479. The van der Waals surface area contributed by atoms with E-state index < -0.39 is 17.3 Å². The maximum absolute atomic E-state index is 15.0. The second kappa shape index (κ2) is 17.4. The molecule has 11 heteroatoms. The quantitative estimate of drug-likeness (QED) is 0.280. The Labute approximate surface area is 266 Å². The van der Waals surface area contributed by atoms with Gasteiger partial charge in [0.05, 0.1) is 37.5 Å². The van der Waals surface area contributed by atoms with E-state index in [9.17, 15) is 13.6 Å². The molecule has 8 nitrogen and oxygen atoms in total. The first-order valence-electron chi connectivity index (χ1n) is 15.2. The molecule has 2 heterocycles. The van der Waals surface area contributed by atoms with Crippen LogP contribution in [0.15, 0.2) is 48.5 Å². The number of hydrogen-bond acceptors (Lipinski definition) is 5. The number of hydrogen-bond donors (Lipinski definition) is 1. The lowest BCUT2D eigenvalue weighted by molar-refractivity contribution is -0.0612. The number of carbonyl (C=O) groups excluding carboxylic acids is 1. The number of nitrogens with two attached hydrogens (primary N) is 1. The number of carbonyl (C=O) groups is 1. The van der Waals surface area contributed by atoms with Gasteiger partial charge >= 0.3 is 6.03 Å². The van der Waals surface area contributed by atoms with Crippen LogP contribution in [0.25, 0.3) is 11.4 Å². The van der Waals surface area contributed by atoms with Crippen molar-refractivity contribution in [3.05, 3.63) is 70.8 Å². The van der Waals surface area contributed by atoms with Gasteiger partial charge in [-0.2, -0.15) is 5.10 Å². The van der Waals surface area contributed by atoms with Crippen LogP contribution in [0.3, 0.4) is 0 Å². The third kappa shape index (κ3) is 9.71. The van der Waals surface area contributed by atoms with E-state index in [1.807, 2.05) is 67.8 Å². The highest BCUT2D eigenvalue weighted by atomic mass is 35.5. The number of aromatic nitrogens is 3. The highest BCUT2D eigenvalue weighted by molar-refractivity contribution is 6.30. The van der Waals surface area contributed by atoms with Gasteiger partial charge in [0.15, 0.2) is 11.6 Å². The summed E-state index contributed by atoms with van der Waals surface area (Å²) in [6.45, 7) is 16.5. The van der Waals surface area contributed by atoms with Crippen LogP contribution in [0, 0.1) is 11.2 Å². The van der Waals surface area contributed by atoms with Crippen LogP contribution in [0.2, 0.25) is 5.02 Å². The zero-order valence-corrected chi connectivity index (χ0v) is 28.1. The molecule has 44 heavy (non-hydrogen) atoms. The van der Waals surface area contributed by atoms with E-state index in [4.69, 9.17) is 32.2 Å². The van der Waals surface area contributed by atoms with E-state index in [-0.39, 0.29) is 29.6 Å². The van der Waals surface area contributed by atoms with Crippen molar-refractivity contribution in [3.8, 4) is 11.4 Å². The van der Waals surface area contributed by atoms with Crippen LogP contribution in [-0.2, 0) is 11.3 Å². The minimum Gasteiger partial charge on any atom is -0.372 e. The molecule has 3 aromatic rings. The summed E-state index contributed by atoms with van der Waals surface area (Å²) in [5.41, 5.74) is 6.71. The Morgan fingerprint density at radius 1 is 1.11 bits per heavy atom. The third-order valence-corrected chi connectivity index (χ3v) is 7.20. The topological polar surface area (TPSA) is 89.5 Å². The van der Waals surface area contributed by atoms with Crippen molar-refractivity contribution >= 4 is 17.6 Å². The van der Waals surface area contributed by atoms with Crippen molar-refractivity contribution in [2.24, 2.45) is 11.1 Å². The molecule has 0 bridgehead atoms. The lowest BCUT2D eigenvalue weighted by atomic mass is 9.84. The molecule has 0 spiro atoms. The van der Waals surface area contributed by atoms with Crippen molar-refractivity contribution in [3.63, 3.8) is 0 Å². The molecule has 1 saturated heterocycles. The number of benzene rings is 2. The lowest BCUT2D eigenvalue weighted by Crippen LogP contribution is -2.55. The molecule has 1 aromatic heterocycles. The molecule has 0 unspecified atom stereocenters. The number of alkyl halides is 1. The number of urea groups is 1. The molecule has 0 saturated carbocycles. The standard InChI is InChI=1S/C30H40ClFN6O2.C2H6.CH3F/c1-20-17-36(18-21(2)40-20)29(39)37(15-9-14-33)26(30(3,4)5)28-34-27(24-16-23(31)12-13-25(24)32)35-38(28)19-22-10-7-6-8-11-22;2*1-2/h6-8,10-13,16,20-21,26H,9,14-15,17-19,33H2,1-5H3;1-2H3;1H3/t20-,21+,26-;;/m0../s1. The fourth-order valence-corrected chi connectivity index (χ4v) is 5.49. The molecule has 2 amide bonds. The number of rotatable bonds is 8. The summed E-state index contributed by atoms with van der Waals surface area (Å²) in [4.78, 5) is 22.9. The lowest BCUT2D eigenvalue weighted by Gasteiger charge is -2.44. The van der Waals surface area contributed by atoms with Gasteiger partial charge in [0.2, 0.25) is 0 Å². The number of ether oxygens (including phenoxy) is 1. The minimum absolute atomic E-state index is 0.0729. The Hall–Kier alpha value is -3.08. The van der Waals surface area contributed by atoms with Crippen LogP contribution in [-0.4, -0.2) is 76.2 Å². The van der Waals surface area contributed by atoms with E-state index >= 15 is 0 Å². The van der Waals surface area contributed by atoms with Gasteiger partial charge in [-0.25, -0.2) is 18.9 Å². The molecule has 1 aliphatic rings. The second-order valence-corrected chi connectivity index (χ2v) is 12.0. The first kappa shape index (κ1) is 37.1. The number of amides is 2. The van der Waals surface area contributed by atoms with Crippen LogP contribution < -0.4 is 5.73 Å². The van der Waals surface area contributed by atoms with E-state index in [1.165, 1.54) is 18.2 Å². The van der Waals surface area contributed by atoms with Gasteiger partial charge in [-0.15, -0.1) is 0 Å². The smallest absolute Gasteiger partial charge is 0.320 e. The Bertz CT molecular complexity index is 1290. The maximum Gasteiger partial charge on any atom is 0.320 e. The first-order chi connectivity index (χ1) is 21.0. The fourth-order valence-electron chi connectivity index (χ4n) is 5.32. The molecule has 0 aliphatic carbocycles. The summed E-state index contributed by atoms with van der Waals surface area (Å²) in [6, 6.07) is 13.6. The van der Waals surface area contributed by atoms with Crippen molar-refractivity contribution in [2.45, 2.75) is 79.7 Å². The summed E-state index contributed by atoms with van der Waals surface area (Å²) in [6.07, 6.45) is 0.476. The van der Waals surface area contributed by atoms with Gasteiger partial charge in [0.25, 0.3) is 0 Å². The van der Waals surface area contributed by atoms with Gasteiger partial charge in [0, 0.05) is 24.7 Å². The molecular formula is C33H49ClF2N6O2. The number of morpholine rings is 1. The number of nitrogens with zero attached hydrogens (tertiary/aromatic N) is 5. The average Bonchev–Trinajstić information content (AvgIpc) is 3.39. The summed E-state index contributed by atoms with van der Waals surface area (Å²) in [5.74, 6) is 0.331. The summed E-state index contributed by atoms with van der Waals surface area (Å²) < 4.78 is 32.2. The van der Waals surface area contributed by atoms with Crippen molar-refractivity contribution in [1.29, 1.82) is 0 Å². The molecule has 1 fully saturated rings. The Kier molecular flexibility index (Phi) is 14.7. The summed E-state index contributed by atoms with van der Waals surface area (Å²) in [7, 11) is 0.500. The van der Waals surface area contributed by atoms with Gasteiger partial charge in [0.1, 0.15) is 5.82 Å². The number of halogens is 3. The van der Waals surface area contributed by atoms with Gasteiger partial charge in [-0.1, -0.05) is 76.6 Å². The van der Waals surface area contributed by atoms with Crippen LogP contribution in [0.5, 0.6) is 0 Å². The van der Waals surface area contributed by atoms with Crippen LogP contribution in [0.1, 0.15) is 72.3 Å². The molecule has 1 aliphatic heterocycles. The highest BCUT2D eigenvalue weighted by Gasteiger charge is 2.41. The zero-order valence-electron chi connectivity index (χ0n) is 27.4. The summed E-state index contributed by atoms with van der Waals surface area (Å²) >= 11 is 6.23. The average molecular weight is 635 g/mol. The van der Waals surface area contributed by atoms with Crippen LogP contribution >= 0.6 is 11.6 Å². The van der Waals surface area contributed by atoms with E-state index in [0.717, 1.165) is 5.56 Å². The Balaban J connectivity index is 0.00000162. The van der Waals surface area contributed by atoms with Crippen molar-refractivity contribution in [2.75, 3.05) is 33.4 Å². The van der Waals surface area contributed by atoms with Gasteiger partial charge < -0.3 is 20.3 Å². The predicted octanol–water partition coefficient (Wildman–Crippen LogP) is 7.37. The van der Waals surface area contributed by atoms with E-state index in [0.29, 0.717) is 57.2 Å². The van der Waals surface area contributed by atoms with E-state index in [1.54, 1.807) is 4.68 Å². The first-order valence-corrected chi connectivity index (χ1v) is 15.6. The maximum atomic E-state index is 15.0. The highest BCUT2D eigenvalue weighted by Crippen LogP contribution is 2.39. The molecule has 2 N–H and O–H groups in total. The van der Waals surface area contributed by atoms with Gasteiger partial charge in [-0.05, 0) is 56.0 Å². The zero-order chi connectivity index (χ0) is 33.0. The molecule has 2 aromatic carbocycles.